The molecule has 1 heterocycles. The Hall–Kier alpha value is -1.41. The van der Waals surface area contributed by atoms with Crippen LogP contribution < -0.4 is 5.32 Å². The van der Waals surface area contributed by atoms with E-state index >= 15 is 0 Å². The number of rotatable bonds is 5. The average molecular weight is 256 g/mol. The predicted octanol–water partition coefficient (Wildman–Crippen LogP) is 4.21. The molecule has 0 atom stereocenters. The summed E-state index contributed by atoms with van der Waals surface area (Å²) in [5.41, 5.74) is 3.72. The highest BCUT2D eigenvalue weighted by Crippen LogP contribution is 2.17. The third-order valence-electron chi connectivity index (χ3n) is 4.17. The summed E-state index contributed by atoms with van der Waals surface area (Å²) in [5, 5.41) is 4.89. The Labute approximate surface area is 116 Å². The molecule has 0 aliphatic carbocycles. The highest BCUT2D eigenvalue weighted by atomic mass is 15.0. The molecular weight excluding hydrogens is 232 g/mol. The van der Waals surface area contributed by atoms with E-state index in [9.17, 15) is 0 Å². The van der Waals surface area contributed by atoms with Crippen LogP contribution in [0.3, 0.4) is 0 Å². The summed E-state index contributed by atoms with van der Waals surface area (Å²) in [6.07, 6.45) is 2.30. The van der Waals surface area contributed by atoms with Crippen LogP contribution in [0.2, 0.25) is 0 Å². The molecule has 2 rings (SSSR count). The second kappa shape index (κ2) is 5.70. The molecule has 0 bridgehead atoms. The lowest BCUT2D eigenvalue weighted by Crippen LogP contribution is -2.40. The molecule has 0 fully saturated rings. The van der Waals surface area contributed by atoms with Gasteiger partial charge in [0, 0.05) is 23.2 Å². The van der Waals surface area contributed by atoms with Crippen LogP contribution in [0.15, 0.2) is 30.3 Å². The molecule has 0 amide bonds. The third-order valence-corrected chi connectivity index (χ3v) is 4.17. The van der Waals surface area contributed by atoms with Crippen molar-refractivity contribution in [2.24, 2.45) is 0 Å². The Bertz CT molecular complexity index is 556. The van der Waals surface area contributed by atoms with Gasteiger partial charge < -0.3 is 5.32 Å². The number of hydrogen-bond donors (Lipinski definition) is 1. The van der Waals surface area contributed by atoms with E-state index in [1.165, 1.54) is 10.9 Å². The molecule has 0 aliphatic heterocycles. The van der Waals surface area contributed by atoms with Gasteiger partial charge in [0.25, 0.3) is 0 Å². The lowest BCUT2D eigenvalue weighted by molar-refractivity contribution is 0.329. The summed E-state index contributed by atoms with van der Waals surface area (Å²) in [7, 11) is 0. The molecule has 0 radical (unpaired) electrons. The fraction of sp³-hybridized carbons (Fsp3) is 0.471. The maximum Gasteiger partial charge on any atom is 0.0705 e. The lowest BCUT2D eigenvalue weighted by Gasteiger charge is -2.28. The quantitative estimate of drug-likeness (QED) is 0.866. The van der Waals surface area contributed by atoms with E-state index < -0.39 is 0 Å². The molecule has 1 N–H and O–H groups in total. The first-order valence-electron chi connectivity index (χ1n) is 7.17. The zero-order valence-corrected chi connectivity index (χ0v) is 12.5. The summed E-state index contributed by atoms with van der Waals surface area (Å²) >= 11 is 0. The number of fused-ring (bicyclic) bond motifs is 1. The van der Waals surface area contributed by atoms with Crippen molar-refractivity contribution in [2.45, 2.75) is 52.6 Å². The molecule has 2 aromatic rings. The van der Waals surface area contributed by atoms with Crippen molar-refractivity contribution < 1.29 is 0 Å². The first-order valence-corrected chi connectivity index (χ1v) is 7.17. The standard InChI is InChI=1S/C17H24N2/c1-5-17(4,6-2)18-12-14-8-10-16-15(11-14)9-7-13(3)19-16/h7-11,18H,5-6,12H2,1-4H3. The SMILES string of the molecule is CCC(C)(CC)NCc1ccc2nc(C)ccc2c1. The Kier molecular flexibility index (Phi) is 4.20. The van der Waals surface area contributed by atoms with Gasteiger partial charge in [0.15, 0.2) is 0 Å². The van der Waals surface area contributed by atoms with Crippen LogP contribution in [0.4, 0.5) is 0 Å². The zero-order valence-electron chi connectivity index (χ0n) is 12.5. The van der Waals surface area contributed by atoms with Gasteiger partial charge in [-0.2, -0.15) is 0 Å². The molecule has 2 nitrogen and oxygen atoms in total. The minimum absolute atomic E-state index is 0.237. The van der Waals surface area contributed by atoms with Crippen LogP contribution >= 0.6 is 0 Å². The van der Waals surface area contributed by atoms with Gasteiger partial charge in [-0.15, -0.1) is 0 Å². The monoisotopic (exact) mass is 256 g/mol. The maximum atomic E-state index is 4.54. The molecule has 0 saturated heterocycles. The molecule has 0 saturated carbocycles. The lowest BCUT2D eigenvalue weighted by atomic mass is 9.95. The average Bonchev–Trinajstić information content (AvgIpc) is 2.44. The summed E-state index contributed by atoms with van der Waals surface area (Å²) in [4.78, 5) is 4.54. The van der Waals surface area contributed by atoms with Crippen molar-refractivity contribution in [3.8, 4) is 0 Å². The van der Waals surface area contributed by atoms with Crippen LogP contribution in [0.1, 0.15) is 44.9 Å². The van der Waals surface area contributed by atoms with E-state index in [0.29, 0.717) is 0 Å². The number of aromatic nitrogens is 1. The van der Waals surface area contributed by atoms with Gasteiger partial charge in [-0.1, -0.05) is 26.0 Å². The second-order valence-corrected chi connectivity index (χ2v) is 5.60. The number of benzene rings is 1. The Balaban J connectivity index is 2.16. The molecule has 2 heteroatoms. The van der Waals surface area contributed by atoms with Crippen molar-refractivity contribution in [1.82, 2.24) is 10.3 Å². The minimum atomic E-state index is 0.237. The van der Waals surface area contributed by atoms with E-state index in [1.807, 2.05) is 6.92 Å². The molecule has 0 spiro atoms. The highest BCUT2D eigenvalue weighted by molar-refractivity contribution is 5.79. The molecule has 0 aliphatic rings. The van der Waals surface area contributed by atoms with Crippen LogP contribution in [0, 0.1) is 6.92 Å². The number of nitrogens with zero attached hydrogens (tertiary/aromatic N) is 1. The van der Waals surface area contributed by atoms with Gasteiger partial charge in [0.05, 0.1) is 5.52 Å². The fourth-order valence-corrected chi connectivity index (χ4v) is 2.20. The van der Waals surface area contributed by atoms with Gasteiger partial charge in [-0.05, 0) is 50.5 Å². The topological polar surface area (TPSA) is 24.9 Å². The highest BCUT2D eigenvalue weighted by Gasteiger charge is 2.17. The number of hydrogen-bond acceptors (Lipinski definition) is 2. The predicted molar refractivity (Wildman–Crippen MR) is 82.3 cm³/mol. The summed E-state index contributed by atoms with van der Waals surface area (Å²) in [5.74, 6) is 0. The van der Waals surface area contributed by atoms with Crippen LogP contribution in [-0.4, -0.2) is 10.5 Å². The smallest absolute Gasteiger partial charge is 0.0705 e. The largest absolute Gasteiger partial charge is 0.307 e. The van der Waals surface area contributed by atoms with Gasteiger partial charge in [0.2, 0.25) is 0 Å². The first-order chi connectivity index (χ1) is 9.06. The van der Waals surface area contributed by atoms with E-state index in [2.05, 4.69) is 61.4 Å². The fourth-order valence-electron chi connectivity index (χ4n) is 2.20. The van der Waals surface area contributed by atoms with Gasteiger partial charge >= 0.3 is 0 Å². The molecule has 102 valence electrons. The summed E-state index contributed by atoms with van der Waals surface area (Å²) in [6, 6.07) is 10.8. The third kappa shape index (κ3) is 3.32. The van der Waals surface area contributed by atoms with Crippen molar-refractivity contribution in [1.29, 1.82) is 0 Å². The van der Waals surface area contributed by atoms with Crippen LogP contribution in [-0.2, 0) is 6.54 Å². The molecule has 0 unspecified atom stereocenters. The van der Waals surface area contributed by atoms with Crippen molar-refractivity contribution in [3.63, 3.8) is 0 Å². The Morgan fingerprint density at radius 1 is 1.11 bits per heavy atom. The molecular formula is C17H24N2. The number of pyridine rings is 1. The normalized spacial score (nSPS) is 12.0. The maximum absolute atomic E-state index is 4.54. The van der Waals surface area contributed by atoms with Gasteiger partial charge in [0.1, 0.15) is 0 Å². The number of nitrogens with one attached hydrogen (secondary N) is 1. The summed E-state index contributed by atoms with van der Waals surface area (Å²) < 4.78 is 0. The molecule has 1 aromatic heterocycles. The van der Waals surface area contributed by atoms with Crippen molar-refractivity contribution >= 4 is 10.9 Å². The van der Waals surface area contributed by atoms with E-state index in [-0.39, 0.29) is 5.54 Å². The van der Waals surface area contributed by atoms with Gasteiger partial charge in [-0.25, -0.2) is 0 Å². The van der Waals surface area contributed by atoms with Crippen LogP contribution in [0.5, 0.6) is 0 Å². The van der Waals surface area contributed by atoms with Crippen molar-refractivity contribution in [3.05, 3.63) is 41.6 Å². The minimum Gasteiger partial charge on any atom is -0.307 e. The van der Waals surface area contributed by atoms with E-state index in [4.69, 9.17) is 0 Å². The molecule has 19 heavy (non-hydrogen) atoms. The Morgan fingerprint density at radius 3 is 2.53 bits per heavy atom. The van der Waals surface area contributed by atoms with Gasteiger partial charge in [-0.3, -0.25) is 4.98 Å². The van der Waals surface area contributed by atoms with Crippen LogP contribution in [0.25, 0.3) is 10.9 Å². The molecule has 1 aromatic carbocycles. The van der Waals surface area contributed by atoms with E-state index in [1.54, 1.807) is 0 Å². The summed E-state index contributed by atoms with van der Waals surface area (Å²) in [6.45, 7) is 9.72. The number of aryl methyl sites for hydroxylation is 1. The first kappa shape index (κ1) is 14.0. The zero-order chi connectivity index (χ0) is 13.9. The van der Waals surface area contributed by atoms with E-state index in [0.717, 1.165) is 30.6 Å². The van der Waals surface area contributed by atoms with Crippen molar-refractivity contribution in [2.75, 3.05) is 0 Å². The Morgan fingerprint density at radius 2 is 1.84 bits per heavy atom. The second-order valence-electron chi connectivity index (χ2n) is 5.60.